The summed E-state index contributed by atoms with van der Waals surface area (Å²) in [4.78, 5) is 2.23. The Morgan fingerprint density at radius 3 is 2.58 bits per heavy atom. The van der Waals surface area contributed by atoms with Crippen LogP contribution in [0.25, 0.3) is 0 Å². The lowest BCUT2D eigenvalue weighted by Crippen LogP contribution is -2.25. The first-order chi connectivity index (χ1) is 8.87. The molecule has 0 amide bonds. The van der Waals surface area contributed by atoms with Crippen molar-refractivity contribution in [1.29, 1.82) is 0 Å². The Morgan fingerprint density at radius 2 is 2.05 bits per heavy atom. The van der Waals surface area contributed by atoms with Gasteiger partial charge in [0, 0.05) is 31.0 Å². The molecule has 0 bridgehead atoms. The third-order valence-corrected chi connectivity index (χ3v) is 3.63. The second-order valence-corrected chi connectivity index (χ2v) is 5.91. The Balaban J connectivity index is 2.80. The minimum Gasteiger partial charge on any atom is -0.399 e. The predicted molar refractivity (Wildman–Crippen MR) is 84.0 cm³/mol. The summed E-state index contributed by atoms with van der Waals surface area (Å²) in [6.45, 7) is 6.43. The second kappa shape index (κ2) is 6.79. The van der Waals surface area contributed by atoms with Crippen molar-refractivity contribution in [3.05, 3.63) is 23.8 Å². The maximum absolute atomic E-state index is 11.0. The molecular formula is C13H23N3O2S. The van der Waals surface area contributed by atoms with Crippen LogP contribution in [0.15, 0.2) is 18.2 Å². The molecule has 1 aromatic rings. The summed E-state index contributed by atoms with van der Waals surface area (Å²) < 4.78 is 22.6. The van der Waals surface area contributed by atoms with Crippen LogP contribution in [0.4, 0.5) is 11.4 Å². The summed E-state index contributed by atoms with van der Waals surface area (Å²) in [7, 11) is -3.14. The van der Waals surface area contributed by atoms with E-state index in [1.165, 1.54) is 0 Å². The molecule has 0 heterocycles. The van der Waals surface area contributed by atoms with E-state index in [0.29, 0.717) is 18.7 Å². The normalized spacial score (nSPS) is 14.1. The summed E-state index contributed by atoms with van der Waals surface area (Å²) in [5, 5.41) is 0. The fraction of sp³-hybridized carbons (Fsp3) is 0.462. The highest BCUT2D eigenvalue weighted by molar-refractivity contribution is 7.93. The van der Waals surface area contributed by atoms with Crippen molar-refractivity contribution in [2.75, 3.05) is 30.3 Å². The smallest absolute Gasteiger partial charge is 0.138 e. The fourth-order valence-corrected chi connectivity index (χ4v) is 2.36. The van der Waals surface area contributed by atoms with Gasteiger partial charge in [-0.2, -0.15) is 0 Å². The molecule has 0 aliphatic heterocycles. The average molecular weight is 285 g/mol. The summed E-state index contributed by atoms with van der Waals surface area (Å²) >= 11 is 0. The van der Waals surface area contributed by atoms with Crippen molar-refractivity contribution in [2.24, 2.45) is 0 Å². The van der Waals surface area contributed by atoms with Crippen LogP contribution < -0.4 is 15.4 Å². The molecule has 1 unspecified atom stereocenters. The number of nitrogens with two attached hydrogens (primary N) is 1. The van der Waals surface area contributed by atoms with Crippen molar-refractivity contribution < 1.29 is 8.76 Å². The van der Waals surface area contributed by atoms with Crippen LogP contribution in [0.5, 0.6) is 0 Å². The van der Waals surface area contributed by atoms with Crippen LogP contribution in [0.2, 0.25) is 0 Å². The molecule has 1 rings (SSSR count). The minimum atomic E-state index is -3.14. The van der Waals surface area contributed by atoms with Gasteiger partial charge in [-0.15, -0.1) is 0 Å². The molecule has 0 fully saturated rings. The number of benzene rings is 1. The van der Waals surface area contributed by atoms with E-state index in [9.17, 15) is 4.21 Å². The van der Waals surface area contributed by atoms with Gasteiger partial charge in [0.15, 0.2) is 0 Å². The van der Waals surface area contributed by atoms with Gasteiger partial charge in [0.2, 0.25) is 0 Å². The first-order valence-electron chi connectivity index (χ1n) is 6.35. The van der Waals surface area contributed by atoms with Gasteiger partial charge in [0.05, 0.1) is 0 Å². The summed E-state index contributed by atoms with van der Waals surface area (Å²) in [5.74, 6) is 3.13. The number of nitrogens with one attached hydrogen (secondary N) is 1. The molecule has 1 atom stereocenters. The zero-order valence-electron chi connectivity index (χ0n) is 11.6. The number of anilines is 2. The Labute approximate surface area is 115 Å². The maximum Gasteiger partial charge on any atom is 0.138 e. The highest BCUT2D eigenvalue weighted by Crippen LogP contribution is 2.21. The first-order valence-corrected chi connectivity index (χ1v) is 8.03. The quantitative estimate of drug-likeness (QED) is 0.522. The van der Waals surface area contributed by atoms with Gasteiger partial charge in [-0.3, -0.25) is 0 Å². The van der Waals surface area contributed by atoms with E-state index in [0.717, 1.165) is 24.3 Å². The predicted octanol–water partition coefficient (Wildman–Crippen LogP) is 1.35. The lowest BCUT2D eigenvalue weighted by atomic mass is 10.1. The number of nitrogens with zero attached hydrogens (tertiary/aromatic N) is 1. The van der Waals surface area contributed by atoms with Crippen LogP contribution in [0.1, 0.15) is 19.4 Å². The molecule has 0 saturated carbocycles. The largest absolute Gasteiger partial charge is 0.399 e. The molecule has 4 N–H and O–H groups in total. The zero-order chi connectivity index (χ0) is 14.5. The first kappa shape index (κ1) is 15.8. The third kappa shape index (κ3) is 5.10. The molecule has 0 saturated heterocycles. The second-order valence-electron chi connectivity index (χ2n) is 4.34. The van der Waals surface area contributed by atoms with Gasteiger partial charge in [-0.05, 0) is 49.9 Å². The van der Waals surface area contributed by atoms with Gasteiger partial charge in [0.1, 0.15) is 9.99 Å². The lowest BCUT2D eigenvalue weighted by molar-refractivity contribution is 0.545. The molecule has 0 spiro atoms. The molecular weight excluding hydrogens is 262 g/mol. The fourth-order valence-electron chi connectivity index (χ4n) is 1.94. The van der Waals surface area contributed by atoms with E-state index in [-0.39, 0.29) is 0 Å². The Morgan fingerprint density at radius 1 is 1.42 bits per heavy atom. The van der Waals surface area contributed by atoms with Crippen molar-refractivity contribution in [3.63, 3.8) is 0 Å². The van der Waals surface area contributed by atoms with E-state index < -0.39 is 9.99 Å². The molecule has 6 heteroatoms. The van der Waals surface area contributed by atoms with Crippen molar-refractivity contribution >= 4 is 27.2 Å². The monoisotopic (exact) mass is 285 g/mol. The van der Waals surface area contributed by atoms with Crippen LogP contribution >= 0.6 is 0 Å². The van der Waals surface area contributed by atoms with Crippen LogP contribution in [0, 0.1) is 0 Å². The summed E-state index contributed by atoms with van der Waals surface area (Å²) in [6.07, 6.45) is 0.591. The molecule has 5 nitrogen and oxygen atoms in total. The Kier molecular flexibility index (Phi) is 5.65. The van der Waals surface area contributed by atoms with Gasteiger partial charge in [0.25, 0.3) is 0 Å². The topological polar surface area (TPSA) is 78.6 Å². The Hall–Kier alpha value is -1.24. The minimum absolute atomic E-state index is 0.366. The van der Waals surface area contributed by atoms with E-state index in [4.69, 9.17) is 10.3 Å². The van der Waals surface area contributed by atoms with E-state index in [1.807, 2.05) is 18.2 Å². The van der Waals surface area contributed by atoms with Crippen LogP contribution in [-0.2, 0) is 16.4 Å². The maximum atomic E-state index is 11.0. The van der Waals surface area contributed by atoms with E-state index in [2.05, 4.69) is 29.3 Å². The average Bonchev–Trinajstić information content (AvgIpc) is 2.32. The molecule has 0 aliphatic carbocycles. The Bertz CT molecular complexity index is 511. The molecule has 0 radical (unpaired) electrons. The molecule has 108 valence electrons. The van der Waals surface area contributed by atoms with Crippen molar-refractivity contribution in [2.45, 2.75) is 20.3 Å². The molecule has 19 heavy (non-hydrogen) atoms. The number of hydrogen-bond donors (Lipinski definition) is 3. The SMILES string of the molecule is C=S(=O)(O)NCCc1cc(N(CC)CC)ccc1N. The van der Waals surface area contributed by atoms with Crippen molar-refractivity contribution in [3.8, 4) is 0 Å². The van der Waals surface area contributed by atoms with Crippen LogP contribution in [0.3, 0.4) is 0 Å². The third-order valence-electron chi connectivity index (χ3n) is 2.98. The van der Waals surface area contributed by atoms with Gasteiger partial charge in [-0.25, -0.2) is 8.93 Å². The highest BCUT2D eigenvalue weighted by atomic mass is 32.2. The van der Waals surface area contributed by atoms with E-state index in [1.54, 1.807) is 0 Å². The molecule has 0 aromatic heterocycles. The van der Waals surface area contributed by atoms with Gasteiger partial charge >= 0.3 is 0 Å². The van der Waals surface area contributed by atoms with E-state index >= 15 is 0 Å². The molecule has 1 aromatic carbocycles. The number of nitrogen functional groups attached to an aromatic ring is 1. The zero-order valence-corrected chi connectivity index (χ0v) is 12.4. The number of hydrogen-bond acceptors (Lipinski definition) is 3. The standard InChI is InChI=1S/C13H23N3O2S/c1-4-16(5-2)12-6-7-13(14)11(10-12)8-9-15-19(3,17)18/h6-7,10H,3-5,8-9,14H2,1-2H3,(H2,15,17,18). The van der Waals surface area contributed by atoms with Gasteiger partial charge < -0.3 is 15.2 Å². The number of rotatable bonds is 7. The van der Waals surface area contributed by atoms with Crippen molar-refractivity contribution in [1.82, 2.24) is 4.72 Å². The van der Waals surface area contributed by atoms with Crippen LogP contribution in [-0.4, -0.2) is 34.3 Å². The molecule has 0 aliphatic rings. The van der Waals surface area contributed by atoms with Gasteiger partial charge in [-0.1, -0.05) is 0 Å². The highest BCUT2D eigenvalue weighted by Gasteiger charge is 2.06. The lowest BCUT2D eigenvalue weighted by Gasteiger charge is -2.22. The summed E-state index contributed by atoms with van der Waals surface area (Å²) in [5.41, 5.74) is 8.72. The summed E-state index contributed by atoms with van der Waals surface area (Å²) in [6, 6.07) is 5.91.